The Kier molecular flexibility index (Phi) is 8.61. The highest BCUT2D eigenvalue weighted by Gasteiger charge is 2.57. The van der Waals surface area contributed by atoms with Crippen molar-refractivity contribution in [3.8, 4) is 0 Å². The standard InChI is InChI=1S/C29H45NO.C2H6/c1-20(30-18-21-7-5-4-6-8-21)27-13-14-28-26-12-10-23-17-22(19-31-3)9-11-24(23)25(26)15-16-29(27,28)2;1-2/h4-8,20,22-28,30H,9-19H2,1-3H3;1-2H3. The Morgan fingerprint density at radius 1 is 0.939 bits per heavy atom. The minimum Gasteiger partial charge on any atom is -0.384 e. The minimum absolute atomic E-state index is 0.560. The van der Waals surface area contributed by atoms with Crippen molar-refractivity contribution in [1.82, 2.24) is 5.32 Å². The summed E-state index contributed by atoms with van der Waals surface area (Å²) in [5, 5.41) is 3.92. The third-order valence-corrected chi connectivity index (χ3v) is 10.6. The van der Waals surface area contributed by atoms with Gasteiger partial charge in [-0.15, -0.1) is 0 Å². The zero-order chi connectivity index (χ0) is 23.4. The highest BCUT2D eigenvalue weighted by atomic mass is 16.5. The number of nitrogens with one attached hydrogen (secondary N) is 1. The third kappa shape index (κ3) is 5.08. The fraction of sp³-hybridized carbons (Fsp3) is 0.806. The maximum atomic E-state index is 5.51. The van der Waals surface area contributed by atoms with Gasteiger partial charge in [-0.1, -0.05) is 51.1 Å². The van der Waals surface area contributed by atoms with E-state index in [2.05, 4.69) is 49.5 Å². The van der Waals surface area contributed by atoms with Crippen molar-refractivity contribution in [1.29, 1.82) is 0 Å². The van der Waals surface area contributed by atoms with Crippen LogP contribution in [-0.4, -0.2) is 19.8 Å². The molecular formula is C31H51NO. The summed E-state index contributed by atoms with van der Waals surface area (Å²) in [7, 11) is 1.89. The summed E-state index contributed by atoms with van der Waals surface area (Å²) in [6, 6.07) is 11.6. The van der Waals surface area contributed by atoms with Gasteiger partial charge in [-0.25, -0.2) is 0 Å². The molecule has 186 valence electrons. The maximum absolute atomic E-state index is 5.51. The highest BCUT2D eigenvalue weighted by Crippen LogP contribution is 2.64. The lowest BCUT2D eigenvalue weighted by Crippen LogP contribution is -2.51. The second-order valence-electron chi connectivity index (χ2n) is 12.0. The van der Waals surface area contributed by atoms with Gasteiger partial charge in [0, 0.05) is 26.3 Å². The van der Waals surface area contributed by atoms with Crippen LogP contribution in [0, 0.1) is 46.8 Å². The fourth-order valence-corrected chi connectivity index (χ4v) is 9.22. The molecule has 2 heteroatoms. The third-order valence-electron chi connectivity index (χ3n) is 10.6. The smallest absolute Gasteiger partial charge is 0.0490 e. The molecule has 1 N–H and O–H groups in total. The molecule has 2 nitrogen and oxygen atoms in total. The molecule has 1 aromatic carbocycles. The molecule has 0 bridgehead atoms. The maximum Gasteiger partial charge on any atom is 0.0490 e. The van der Waals surface area contributed by atoms with Crippen molar-refractivity contribution in [2.45, 2.75) is 98.1 Å². The monoisotopic (exact) mass is 453 g/mol. The van der Waals surface area contributed by atoms with Gasteiger partial charge in [0.15, 0.2) is 0 Å². The van der Waals surface area contributed by atoms with Crippen LogP contribution >= 0.6 is 0 Å². The molecule has 0 aromatic heterocycles. The Bertz CT molecular complexity index is 719. The van der Waals surface area contributed by atoms with Crippen molar-refractivity contribution in [2.24, 2.45) is 46.8 Å². The molecule has 4 saturated carbocycles. The van der Waals surface area contributed by atoms with Crippen LogP contribution in [0.15, 0.2) is 30.3 Å². The van der Waals surface area contributed by atoms with Crippen LogP contribution in [0.3, 0.4) is 0 Å². The van der Waals surface area contributed by atoms with E-state index in [-0.39, 0.29) is 0 Å². The molecule has 0 amide bonds. The molecule has 5 rings (SSSR count). The normalized spacial score (nSPS) is 40.6. The topological polar surface area (TPSA) is 21.3 Å². The lowest BCUT2D eigenvalue weighted by Gasteiger charge is -2.57. The van der Waals surface area contributed by atoms with E-state index in [1.165, 1.54) is 63.4 Å². The van der Waals surface area contributed by atoms with Crippen molar-refractivity contribution in [3.63, 3.8) is 0 Å². The summed E-state index contributed by atoms with van der Waals surface area (Å²) in [6.07, 6.45) is 13.3. The van der Waals surface area contributed by atoms with E-state index in [9.17, 15) is 0 Å². The van der Waals surface area contributed by atoms with Crippen LogP contribution in [0.1, 0.15) is 91.0 Å². The van der Waals surface area contributed by atoms with Crippen molar-refractivity contribution in [2.75, 3.05) is 13.7 Å². The Morgan fingerprint density at radius 3 is 2.45 bits per heavy atom. The minimum atomic E-state index is 0.560. The number of ether oxygens (including phenoxy) is 1. The molecule has 33 heavy (non-hydrogen) atoms. The molecule has 0 heterocycles. The number of rotatable bonds is 6. The molecule has 4 aliphatic carbocycles. The van der Waals surface area contributed by atoms with Gasteiger partial charge in [-0.05, 0) is 117 Å². The number of hydrogen-bond donors (Lipinski definition) is 1. The van der Waals surface area contributed by atoms with Crippen LogP contribution < -0.4 is 5.32 Å². The molecule has 4 fully saturated rings. The van der Waals surface area contributed by atoms with E-state index in [0.717, 1.165) is 54.6 Å². The Hall–Kier alpha value is -0.860. The Balaban J connectivity index is 0.00000126. The molecule has 9 atom stereocenters. The summed E-state index contributed by atoms with van der Waals surface area (Å²) in [5.41, 5.74) is 1.98. The first-order chi connectivity index (χ1) is 16.1. The van der Waals surface area contributed by atoms with E-state index in [4.69, 9.17) is 4.74 Å². The van der Waals surface area contributed by atoms with Crippen LogP contribution in [-0.2, 0) is 11.3 Å². The molecular weight excluding hydrogens is 402 g/mol. The predicted octanol–water partition coefficient (Wildman–Crippen LogP) is 7.72. The first-order valence-electron chi connectivity index (χ1n) is 14.4. The summed E-state index contributed by atoms with van der Waals surface area (Å²) in [5.74, 6) is 6.75. The molecule has 1 aromatic rings. The lowest BCUT2D eigenvalue weighted by atomic mass is 9.49. The van der Waals surface area contributed by atoms with Gasteiger partial charge in [0.1, 0.15) is 0 Å². The Labute approximate surface area is 204 Å². The fourth-order valence-electron chi connectivity index (χ4n) is 9.22. The van der Waals surface area contributed by atoms with Gasteiger partial charge >= 0.3 is 0 Å². The van der Waals surface area contributed by atoms with Crippen molar-refractivity contribution in [3.05, 3.63) is 35.9 Å². The van der Waals surface area contributed by atoms with Gasteiger partial charge < -0.3 is 10.1 Å². The van der Waals surface area contributed by atoms with Gasteiger partial charge in [0.05, 0.1) is 0 Å². The first kappa shape index (κ1) is 25.2. The summed E-state index contributed by atoms with van der Waals surface area (Å²) < 4.78 is 5.51. The van der Waals surface area contributed by atoms with Crippen LogP contribution in [0.25, 0.3) is 0 Å². The zero-order valence-electron chi connectivity index (χ0n) is 22.2. The van der Waals surface area contributed by atoms with Crippen LogP contribution in [0.5, 0.6) is 0 Å². The van der Waals surface area contributed by atoms with E-state index < -0.39 is 0 Å². The predicted molar refractivity (Wildman–Crippen MR) is 140 cm³/mol. The van der Waals surface area contributed by atoms with Crippen molar-refractivity contribution < 1.29 is 4.74 Å². The average Bonchev–Trinajstić information content (AvgIpc) is 3.21. The van der Waals surface area contributed by atoms with E-state index in [1.807, 2.05) is 21.0 Å². The van der Waals surface area contributed by atoms with E-state index in [0.29, 0.717) is 11.5 Å². The molecule has 0 radical (unpaired) electrons. The van der Waals surface area contributed by atoms with Crippen molar-refractivity contribution >= 4 is 0 Å². The van der Waals surface area contributed by atoms with Gasteiger partial charge in [0.25, 0.3) is 0 Å². The number of fused-ring (bicyclic) bond motifs is 5. The summed E-state index contributed by atoms with van der Waals surface area (Å²) >= 11 is 0. The van der Waals surface area contributed by atoms with E-state index >= 15 is 0 Å². The molecule has 0 saturated heterocycles. The SMILES string of the molecule is CC.COCC1CCC2C(CCC3C2CCC2(C)C(C(C)NCc4ccccc4)CCC32)C1. The number of hydrogen-bond acceptors (Lipinski definition) is 2. The van der Waals surface area contributed by atoms with Crippen LogP contribution in [0.2, 0.25) is 0 Å². The van der Waals surface area contributed by atoms with Gasteiger partial charge in [-0.3, -0.25) is 0 Å². The van der Waals surface area contributed by atoms with Crippen LogP contribution in [0.4, 0.5) is 0 Å². The highest BCUT2D eigenvalue weighted by molar-refractivity contribution is 5.15. The number of benzene rings is 1. The van der Waals surface area contributed by atoms with E-state index in [1.54, 1.807) is 0 Å². The molecule has 0 spiro atoms. The molecule has 0 aliphatic heterocycles. The Morgan fingerprint density at radius 2 is 1.70 bits per heavy atom. The quantitative estimate of drug-likeness (QED) is 0.476. The molecule has 4 aliphatic rings. The van der Waals surface area contributed by atoms with Gasteiger partial charge in [-0.2, -0.15) is 0 Å². The average molecular weight is 454 g/mol. The first-order valence-corrected chi connectivity index (χ1v) is 14.4. The zero-order valence-corrected chi connectivity index (χ0v) is 22.2. The lowest BCUT2D eigenvalue weighted by molar-refractivity contribution is -0.0746. The molecule has 9 unspecified atom stereocenters. The second kappa shape index (κ2) is 11.3. The largest absolute Gasteiger partial charge is 0.384 e. The summed E-state index contributed by atoms with van der Waals surface area (Å²) in [6.45, 7) is 11.2. The van der Waals surface area contributed by atoms with Gasteiger partial charge in [0.2, 0.25) is 0 Å². The number of methoxy groups -OCH3 is 1. The second-order valence-corrected chi connectivity index (χ2v) is 12.0. The summed E-state index contributed by atoms with van der Waals surface area (Å²) in [4.78, 5) is 0.